The molecule has 3 rings (SSSR count). The van der Waals surface area contributed by atoms with Crippen LogP contribution in [0.4, 0.5) is 0 Å². The van der Waals surface area contributed by atoms with Gasteiger partial charge in [-0.1, -0.05) is 42.0 Å². The highest BCUT2D eigenvalue weighted by atomic mass is 32.2. The van der Waals surface area contributed by atoms with Gasteiger partial charge in [-0.15, -0.1) is 0 Å². The van der Waals surface area contributed by atoms with Crippen molar-refractivity contribution in [1.29, 1.82) is 0 Å². The molecule has 0 amide bonds. The largest absolute Gasteiger partial charge is 0.329 e. The highest BCUT2D eigenvalue weighted by Gasteiger charge is 2.30. The molecule has 0 bridgehead atoms. The Hall–Kier alpha value is -2.02. The molecule has 0 saturated carbocycles. The molecule has 1 N–H and O–H groups in total. The van der Waals surface area contributed by atoms with E-state index in [0.717, 1.165) is 19.6 Å². The summed E-state index contributed by atoms with van der Waals surface area (Å²) in [4.78, 5) is 13.1. The van der Waals surface area contributed by atoms with E-state index in [2.05, 4.69) is 31.2 Å². The zero-order valence-electron chi connectivity index (χ0n) is 15.2. The molecule has 1 saturated heterocycles. The molecular weight excluding hydrogens is 348 g/mol. The Morgan fingerprint density at radius 1 is 1.08 bits per heavy atom. The fraction of sp³-hybridized carbons (Fsp3) is 0.350. The van der Waals surface area contributed by atoms with E-state index in [1.54, 1.807) is 18.2 Å². The molecule has 1 aliphatic heterocycles. The number of nitrogens with zero attached hydrogens (tertiary/aromatic N) is 1. The maximum Gasteiger partial charge on any atom is 0.243 e. The van der Waals surface area contributed by atoms with Gasteiger partial charge in [-0.05, 0) is 26.0 Å². The van der Waals surface area contributed by atoms with E-state index >= 15 is 0 Å². The summed E-state index contributed by atoms with van der Waals surface area (Å²) >= 11 is 0. The zero-order valence-corrected chi connectivity index (χ0v) is 16.1. The molecule has 0 aromatic heterocycles. The monoisotopic (exact) mass is 373 g/mol. The normalized spacial score (nSPS) is 16.5. The van der Waals surface area contributed by atoms with Gasteiger partial charge in [0, 0.05) is 11.1 Å². The average molecular weight is 373 g/mol. The topological polar surface area (TPSA) is 58.9 Å². The quantitative estimate of drug-likeness (QED) is 0.804. The maximum atomic E-state index is 12.9. The molecule has 0 radical (unpaired) electrons. The number of rotatable bonds is 5. The van der Waals surface area contributed by atoms with Crippen molar-refractivity contribution in [2.24, 2.45) is 0 Å². The summed E-state index contributed by atoms with van der Waals surface area (Å²) in [5.74, 6) is -0.130. The lowest BCUT2D eigenvalue weighted by Gasteiger charge is -2.31. The molecule has 2 aromatic carbocycles. The molecule has 1 heterocycles. The highest BCUT2D eigenvalue weighted by molar-refractivity contribution is 7.89. The number of carbonyl (C=O) groups is 1. The Morgan fingerprint density at radius 2 is 1.77 bits per heavy atom. The van der Waals surface area contributed by atoms with Crippen molar-refractivity contribution >= 4 is 15.8 Å². The zero-order chi connectivity index (χ0) is 18.7. The van der Waals surface area contributed by atoms with Crippen LogP contribution in [0.3, 0.4) is 0 Å². The van der Waals surface area contributed by atoms with Gasteiger partial charge in [0.25, 0.3) is 0 Å². The molecular formula is C20H25N2O3S+. The summed E-state index contributed by atoms with van der Waals surface area (Å²) in [6.07, 6.45) is 0. The van der Waals surface area contributed by atoms with Crippen LogP contribution in [0.1, 0.15) is 28.4 Å². The van der Waals surface area contributed by atoms with Crippen molar-refractivity contribution < 1.29 is 18.1 Å². The van der Waals surface area contributed by atoms with Gasteiger partial charge >= 0.3 is 0 Å². The Labute approximate surface area is 155 Å². The van der Waals surface area contributed by atoms with Gasteiger partial charge < -0.3 is 4.90 Å². The molecule has 2 aromatic rings. The molecule has 0 unspecified atom stereocenters. The fourth-order valence-electron chi connectivity index (χ4n) is 3.35. The van der Waals surface area contributed by atoms with Gasteiger partial charge in [-0.3, -0.25) is 4.79 Å². The number of sulfonamides is 1. The van der Waals surface area contributed by atoms with Crippen LogP contribution >= 0.6 is 0 Å². The number of piperazine rings is 1. The summed E-state index contributed by atoms with van der Waals surface area (Å²) in [7, 11) is -3.55. The maximum absolute atomic E-state index is 12.9. The first kappa shape index (κ1) is 18.8. The minimum Gasteiger partial charge on any atom is -0.329 e. The first-order chi connectivity index (χ1) is 12.4. The minimum absolute atomic E-state index is 0.130. The van der Waals surface area contributed by atoms with Crippen LogP contribution in [0.5, 0.6) is 0 Å². The first-order valence-corrected chi connectivity index (χ1v) is 10.3. The third kappa shape index (κ3) is 4.20. The molecule has 5 nitrogen and oxygen atoms in total. The smallest absolute Gasteiger partial charge is 0.243 e. The summed E-state index contributed by atoms with van der Waals surface area (Å²) in [6.45, 7) is 6.98. The summed E-state index contributed by atoms with van der Waals surface area (Å²) < 4.78 is 27.3. The Bertz CT molecular complexity index is 901. The lowest BCUT2D eigenvalue weighted by molar-refractivity contribution is -0.917. The lowest BCUT2D eigenvalue weighted by Crippen LogP contribution is -3.13. The SMILES string of the molecule is CC(=O)c1cccc(S(=O)(=O)N2CC[NH+](Cc3cccc(C)c3)CC2)c1. The van der Waals surface area contributed by atoms with Gasteiger partial charge in [0.1, 0.15) is 6.54 Å². The van der Waals surface area contributed by atoms with Crippen LogP contribution in [0, 0.1) is 6.92 Å². The number of ketones is 1. The summed E-state index contributed by atoms with van der Waals surface area (Å²) in [5, 5.41) is 0. The Kier molecular flexibility index (Phi) is 5.55. The van der Waals surface area contributed by atoms with E-state index in [1.807, 2.05) is 0 Å². The van der Waals surface area contributed by atoms with E-state index < -0.39 is 10.0 Å². The third-order valence-electron chi connectivity index (χ3n) is 4.84. The van der Waals surface area contributed by atoms with Crippen molar-refractivity contribution in [3.63, 3.8) is 0 Å². The second-order valence-corrected chi connectivity index (χ2v) is 8.84. The van der Waals surface area contributed by atoms with Crippen molar-refractivity contribution in [1.82, 2.24) is 4.31 Å². The highest BCUT2D eigenvalue weighted by Crippen LogP contribution is 2.17. The summed E-state index contributed by atoms with van der Waals surface area (Å²) in [6, 6.07) is 14.8. The first-order valence-electron chi connectivity index (χ1n) is 8.86. The number of benzene rings is 2. The van der Waals surface area contributed by atoms with Gasteiger partial charge in [-0.2, -0.15) is 4.31 Å². The minimum atomic E-state index is -3.55. The number of quaternary nitrogens is 1. The lowest BCUT2D eigenvalue weighted by atomic mass is 10.1. The van der Waals surface area contributed by atoms with Crippen molar-refractivity contribution in [3.8, 4) is 0 Å². The van der Waals surface area contributed by atoms with Crippen molar-refractivity contribution in [2.45, 2.75) is 25.3 Å². The van der Waals surface area contributed by atoms with E-state index in [9.17, 15) is 13.2 Å². The Morgan fingerprint density at radius 3 is 2.42 bits per heavy atom. The second-order valence-electron chi connectivity index (χ2n) is 6.90. The molecule has 0 aliphatic carbocycles. The van der Waals surface area contributed by atoms with E-state index in [0.29, 0.717) is 18.7 Å². The van der Waals surface area contributed by atoms with Crippen LogP contribution in [0.15, 0.2) is 53.4 Å². The molecule has 138 valence electrons. The molecule has 6 heteroatoms. The van der Waals surface area contributed by atoms with E-state index in [1.165, 1.54) is 33.3 Å². The molecule has 1 fully saturated rings. The van der Waals surface area contributed by atoms with Crippen molar-refractivity contribution in [3.05, 3.63) is 65.2 Å². The number of Topliss-reactive ketones (excluding diaryl/α,β-unsaturated/α-hetero) is 1. The predicted molar refractivity (Wildman–Crippen MR) is 101 cm³/mol. The number of nitrogens with one attached hydrogen (secondary N) is 1. The fourth-order valence-corrected chi connectivity index (χ4v) is 4.84. The number of aryl methyl sites for hydroxylation is 1. The second kappa shape index (κ2) is 7.70. The van der Waals surface area contributed by atoms with Gasteiger partial charge in [0.05, 0.1) is 31.1 Å². The number of hydrogen-bond acceptors (Lipinski definition) is 3. The van der Waals surface area contributed by atoms with Crippen LogP contribution in [0.25, 0.3) is 0 Å². The predicted octanol–water partition coefficient (Wildman–Crippen LogP) is 1.29. The molecule has 26 heavy (non-hydrogen) atoms. The van der Waals surface area contributed by atoms with Gasteiger partial charge in [0.2, 0.25) is 10.0 Å². The van der Waals surface area contributed by atoms with E-state index in [-0.39, 0.29) is 10.7 Å². The molecule has 1 aliphatic rings. The standard InChI is InChI=1S/C20H24N2O3S/c1-16-5-3-6-18(13-16)15-21-9-11-22(12-10-21)26(24,25)20-8-4-7-19(14-20)17(2)23/h3-8,13-14H,9-12,15H2,1-2H3/p+1. The summed E-state index contributed by atoms with van der Waals surface area (Å²) in [5.41, 5.74) is 2.95. The molecule has 0 atom stereocenters. The van der Waals surface area contributed by atoms with Crippen LogP contribution in [0.2, 0.25) is 0 Å². The number of carbonyl (C=O) groups excluding carboxylic acids is 1. The van der Waals surface area contributed by atoms with E-state index in [4.69, 9.17) is 0 Å². The van der Waals surface area contributed by atoms with Gasteiger partial charge in [-0.25, -0.2) is 8.42 Å². The van der Waals surface area contributed by atoms with Crippen molar-refractivity contribution in [2.75, 3.05) is 26.2 Å². The molecule has 0 spiro atoms. The van der Waals surface area contributed by atoms with Crippen LogP contribution < -0.4 is 4.90 Å². The Balaban J connectivity index is 1.67. The van der Waals surface area contributed by atoms with Crippen LogP contribution in [-0.4, -0.2) is 44.7 Å². The van der Waals surface area contributed by atoms with Crippen LogP contribution in [-0.2, 0) is 16.6 Å². The average Bonchev–Trinajstić information content (AvgIpc) is 2.62. The van der Waals surface area contributed by atoms with Gasteiger partial charge in [0.15, 0.2) is 5.78 Å². The third-order valence-corrected chi connectivity index (χ3v) is 6.74. The number of hydrogen-bond donors (Lipinski definition) is 1.